The Bertz CT molecular complexity index is 1190. The third kappa shape index (κ3) is 5.12. The van der Waals surface area contributed by atoms with Crippen molar-refractivity contribution in [3.8, 4) is 0 Å². The second kappa shape index (κ2) is 9.51. The van der Waals surface area contributed by atoms with Gasteiger partial charge in [-0.25, -0.2) is 25.9 Å². The van der Waals surface area contributed by atoms with Gasteiger partial charge in [-0.2, -0.15) is 0 Å². The van der Waals surface area contributed by atoms with E-state index in [9.17, 15) is 21.6 Å². The molecule has 2 unspecified atom stereocenters. The maximum Gasteiger partial charge on any atom is 0.244 e. The number of amides is 1. The van der Waals surface area contributed by atoms with E-state index in [-0.39, 0.29) is 28.9 Å². The van der Waals surface area contributed by atoms with E-state index in [1.54, 1.807) is 6.92 Å². The van der Waals surface area contributed by atoms with Crippen molar-refractivity contribution in [3.05, 3.63) is 60.2 Å². The first-order valence-electron chi connectivity index (χ1n) is 10.7. The van der Waals surface area contributed by atoms with Crippen LogP contribution in [0, 0.1) is 5.92 Å². The summed E-state index contributed by atoms with van der Waals surface area (Å²) in [6.45, 7) is 4.31. The van der Waals surface area contributed by atoms with Gasteiger partial charge in [-0.15, -0.1) is 0 Å². The van der Waals surface area contributed by atoms with Gasteiger partial charge in [0.05, 0.1) is 35.5 Å². The van der Waals surface area contributed by atoms with Crippen molar-refractivity contribution in [1.82, 2.24) is 9.62 Å². The zero-order valence-electron chi connectivity index (χ0n) is 18.3. The number of morpholine rings is 1. The number of benzene rings is 2. The average molecular weight is 494 g/mol. The minimum absolute atomic E-state index is 0.00266. The van der Waals surface area contributed by atoms with Crippen LogP contribution in [-0.4, -0.2) is 66.2 Å². The van der Waals surface area contributed by atoms with Crippen molar-refractivity contribution in [1.29, 1.82) is 0 Å². The van der Waals surface area contributed by atoms with Crippen molar-refractivity contribution < 1.29 is 26.4 Å². The van der Waals surface area contributed by atoms with Crippen LogP contribution >= 0.6 is 0 Å². The number of hydrogen-bond acceptors (Lipinski definition) is 7. The Labute approximate surface area is 194 Å². The van der Waals surface area contributed by atoms with Crippen LogP contribution < -0.4 is 9.03 Å². The molecule has 2 saturated heterocycles. The molecule has 2 fully saturated rings. The Morgan fingerprint density at radius 3 is 2.27 bits per heavy atom. The molecule has 9 nitrogen and oxygen atoms in total. The molecule has 0 aromatic heterocycles. The average Bonchev–Trinajstić information content (AvgIpc) is 3.01. The lowest BCUT2D eigenvalue weighted by Crippen LogP contribution is -2.43. The molecule has 4 rings (SSSR count). The normalized spacial score (nSPS) is 22.4. The van der Waals surface area contributed by atoms with E-state index in [0.717, 1.165) is 9.87 Å². The van der Waals surface area contributed by atoms with Crippen LogP contribution in [0.5, 0.6) is 0 Å². The van der Waals surface area contributed by atoms with Gasteiger partial charge in [-0.1, -0.05) is 37.3 Å². The Hall–Kier alpha value is -2.31. The van der Waals surface area contributed by atoms with Crippen molar-refractivity contribution in [2.75, 3.05) is 42.9 Å². The molecule has 1 amide bonds. The summed E-state index contributed by atoms with van der Waals surface area (Å²) >= 11 is 0. The highest BCUT2D eigenvalue weighted by atomic mass is 32.2. The van der Waals surface area contributed by atoms with Gasteiger partial charge >= 0.3 is 0 Å². The number of nitrogens with one attached hydrogen (secondary N) is 1. The Balaban J connectivity index is 1.51. The first kappa shape index (κ1) is 23.8. The lowest BCUT2D eigenvalue weighted by atomic mass is 10.1. The number of hydrogen-bond donors (Lipinski definition) is 1. The van der Waals surface area contributed by atoms with Gasteiger partial charge in [0.25, 0.3) is 0 Å². The molecule has 0 bridgehead atoms. The molecule has 2 aliphatic heterocycles. The lowest BCUT2D eigenvalue weighted by molar-refractivity contribution is -0.119. The Kier molecular flexibility index (Phi) is 6.87. The fourth-order valence-corrected chi connectivity index (χ4v) is 7.00. The van der Waals surface area contributed by atoms with Gasteiger partial charge < -0.3 is 4.74 Å². The number of anilines is 1. The minimum atomic E-state index is -3.86. The van der Waals surface area contributed by atoms with Gasteiger partial charge in [0.1, 0.15) is 0 Å². The topological polar surface area (TPSA) is 113 Å². The molecule has 2 aromatic carbocycles. The molecule has 178 valence electrons. The van der Waals surface area contributed by atoms with E-state index in [4.69, 9.17) is 4.74 Å². The van der Waals surface area contributed by atoms with Crippen LogP contribution in [0.15, 0.2) is 59.5 Å². The van der Waals surface area contributed by atoms with E-state index in [1.807, 2.05) is 30.3 Å². The third-order valence-electron chi connectivity index (χ3n) is 5.88. The molecule has 33 heavy (non-hydrogen) atoms. The van der Waals surface area contributed by atoms with E-state index in [2.05, 4.69) is 9.62 Å². The SMILES string of the molecule is CC1CS(=O)(=O)N(c2ccc(S(=O)(=O)NCC(c3ccccc3)N3CCOCC3)cc2)C1=O. The summed E-state index contributed by atoms with van der Waals surface area (Å²) in [7, 11) is -7.60. The predicted molar refractivity (Wildman–Crippen MR) is 124 cm³/mol. The standard InChI is InChI=1S/C22H27N3O6S2/c1-17-16-32(27,28)25(22(17)26)19-7-9-20(10-8-19)33(29,30)23-15-21(18-5-3-2-4-6-18)24-11-13-31-14-12-24/h2-10,17,21,23H,11-16H2,1H3. The first-order valence-corrected chi connectivity index (χ1v) is 13.8. The van der Waals surface area contributed by atoms with E-state index >= 15 is 0 Å². The van der Waals surface area contributed by atoms with Gasteiger partial charge in [0.2, 0.25) is 26.0 Å². The molecule has 2 atom stereocenters. The largest absolute Gasteiger partial charge is 0.379 e. The first-order chi connectivity index (χ1) is 15.7. The molecular weight excluding hydrogens is 466 g/mol. The fraction of sp³-hybridized carbons (Fsp3) is 0.409. The third-order valence-corrected chi connectivity index (χ3v) is 9.19. The van der Waals surface area contributed by atoms with E-state index < -0.39 is 31.9 Å². The second-order valence-electron chi connectivity index (χ2n) is 8.20. The monoisotopic (exact) mass is 493 g/mol. The summed E-state index contributed by atoms with van der Waals surface area (Å²) in [6, 6.07) is 14.9. The maximum atomic E-state index is 13.0. The quantitative estimate of drug-likeness (QED) is 0.619. The van der Waals surface area contributed by atoms with Gasteiger partial charge in [0.15, 0.2) is 0 Å². The number of carbonyl (C=O) groups is 1. The number of carbonyl (C=O) groups excluding carboxylic acids is 1. The highest BCUT2D eigenvalue weighted by Crippen LogP contribution is 2.29. The van der Waals surface area contributed by atoms with Gasteiger partial charge in [-0.05, 0) is 29.8 Å². The number of ether oxygens (including phenoxy) is 1. The molecule has 11 heteroatoms. The fourth-order valence-electron chi connectivity index (χ4n) is 4.14. The predicted octanol–water partition coefficient (Wildman–Crippen LogP) is 1.35. The Morgan fingerprint density at radius 1 is 1.06 bits per heavy atom. The van der Waals surface area contributed by atoms with Crippen LogP contribution in [0.3, 0.4) is 0 Å². The number of sulfonamides is 2. The summed E-state index contributed by atoms with van der Waals surface area (Å²) in [5.41, 5.74) is 1.14. The highest BCUT2D eigenvalue weighted by Gasteiger charge is 2.42. The van der Waals surface area contributed by atoms with Crippen molar-refractivity contribution in [3.63, 3.8) is 0 Å². The van der Waals surface area contributed by atoms with E-state index in [0.29, 0.717) is 26.3 Å². The van der Waals surface area contributed by atoms with Crippen LogP contribution in [0.25, 0.3) is 0 Å². The summed E-state index contributed by atoms with van der Waals surface area (Å²) < 4.78 is 59.4. The molecular formula is C22H27N3O6S2. The molecule has 1 N–H and O–H groups in total. The van der Waals surface area contributed by atoms with Crippen LogP contribution in [0.1, 0.15) is 18.5 Å². The van der Waals surface area contributed by atoms with Gasteiger partial charge in [-0.3, -0.25) is 9.69 Å². The maximum absolute atomic E-state index is 13.0. The summed E-state index contributed by atoms with van der Waals surface area (Å²) in [6.07, 6.45) is 0. The molecule has 2 aromatic rings. The van der Waals surface area contributed by atoms with Crippen LogP contribution in [-0.2, 0) is 29.6 Å². The van der Waals surface area contributed by atoms with Crippen LogP contribution in [0.2, 0.25) is 0 Å². The second-order valence-corrected chi connectivity index (χ2v) is 11.8. The smallest absolute Gasteiger partial charge is 0.244 e. The molecule has 2 aliphatic rings. The number of nitrogens with zero attached hydrogens (tertiary/aromatic N) is 2. The molecule has 0 radical (unpaired) electrons. The summed E-state index contributed by atoms with van der Waals surface area (Å²) in [5, 5.41) is 0. The van der Waals surface area contributed by atoms with E-state index in [1.165, 1.54) is 24.3 Å². The van der Waals surface area contributed by atoms with Crippen molar-refractivity contribution >= 4 is 31.6 Å². The Morgan fingerprint density at radius 2 is 1.70 bits per heavy atom. The minimum Gasteiger partial charge on any atom is -0.379 e. The lowest BCUT2D eigenvalue weighted by Gasteiger charge is -2.34. The van der Waals surface area contributed by atoms with Gasteiger partial charge in [0, 0.05) is 25.7 Å². The molecule has 0 spiro atoms. The highest BCUT2D eigenvalue weighted by molar-refractivity contribution is 7.94. The van der Waals surface area contributed by atoms with Crippen molar-refractivity contribution in [2.45, 2.75) is 17.9 Å². The van der Waals surface area contributed by atoms with Crippen molar-refractivity contribution in [2.24, 2.45) is 5.92 Å². The molecule has 0 saturated carbocycles. The zero-order valence-corrected chi connectivity index (χ0v) is 19.9. The molecule has 2 heterocycles. The molecule has 0 aliphatic carbocycles. The number of rotatable bonds is 7. The van der Waals surface area contributed by atoms with Crippen LogP contribution in [0.4, 0.5) is 5.69 Å². The summed E-state index contributed by atoms with van der Waals surface area (Å²) in [5.74, 6) is -1.40. The zero-order chi connectivity index (χ0) is 23.6. The summed E-state index contributed by atoms with van der Waals surface area (Å²) in [4.78, 5) is 14.5.